The van der Waals surface area contributed by atoms with Gasteiger partial charge in [0, 0.05) is 12.1 Å². The molecule has 1 aromatic heterocycles. The second-order valence-electron chi connectivity index (χ2n) is 5.38. The van der Waals surface area contributed by atoms with E-state index in [4.69, 9.17) is 9.26 Å². The van der Waals surface area contributed by atoms with Crippen molar-refractivity contribution in [3.63, 3.8) is 0 Å². The third-order valence-electron chi connectivity index (χ3n) is 4.02. The smallest absolute Gasteiger partial charge is 0.257 e. The summed E-state index contributed by atoms with van der Waals surface area (Å²) in [5, 5.41) is 7.41. The normalized spacial score (nSPS) is 21.9. The van der Waals surface area contributed by atoms with Gasteiger partial charge in [-0.3, -0.25) is 0 Å². The lowest BCUT2D eigenvalue weighted by atomic mass is 10.1. The van der Waals surface area contributed by atoms with Gasteiger partial charge in [-0.25, -0.2) is 0 Å². The zero-order chi connectivity index (χ0) is 13.4. The van der Waals surface area contributed by atoms with Gasteiger partial charge in [-0.15, -0.1) is 0 Å². The molecule has 2 aromatic rings. The quantitative estimate of drug-likeness (QED) is 0.903. The van der Waals surface area contributed by atoms with Crippen LogP contribution in [0.25, 0.3) is 11.5 Å². The van der Waals surface area contributed by atoms with Crippen LogP contribution < -0.4 is 5.32 Å². The van der Waals surface area contributed by atoms with Crippen LogP contribution in [0.3, 0.4) is 0 Å². The minimum Gasteiger partial charge on any atom is -0.378 e. The number of fused-ring (bicyclic) bond motifs is 1. The highest BCUT2D eigenvalue weighted by atomic mass is 16.5. The molecule has 1 aromatic carbocycles. The van der Waals surface area contributed by atoms with Gasteiger partial charge in [0.25, 0.3) is 5.89 Å². The van der Waals surface area contributed by atoms with Crippen molar-refractivity contribution in [1.29, 1.82) is 0 Å². The molecule has 0 amide bonds. The number of aryl methyl sites for hydroxylation is 2. The van der Waals surface area contributed by atoms with Crippen LogP contribution in [0.15, 0.2) is 22.7 Å². The average Bonchev–Trinajstić information content (AvgIpc) is 3.16. The molecule has 1 aliphatic heterocycles. The molecule has 0 bridgehead atoms. The highest BCUT2D eigenvalue weighted by Crippen LogP contribution is 2.27. The van der Waals surface area contributed by atoms with Crippen molar-refractivity contribution in [2.45, 2.75) is 25.3 Å². The van der Waals surface area contributed by atoms with Gasteiger partial charge in [0.05, 0.1) is 19.3 Å². The predicted octanol–water partition coefficient (Wildman–Crippen LogP) is 1.89. The molecule has 1 saturated heterocycles. The summed E-state index contributed by atoms with van der Waals surface area (Å²) < 4.78 is 10.8. The monoisotopic (exact) mass is 271 g/mol. The van der Waals surface area contributed by atoms with Crippen LogP contribution in [0.1, 0.15) is 29.4 Å². The number of nitrogens with one attached hydrogen (secondary N) is 1. The maximum absolute atomic E-state index is 5.43. The first-order valence-corrected chi connectivity index (χ1v) is 7.17. The molecule has 20 heavy (non-hydrogen) atoms. The van der Waals surface area contributed by atoms with Crippen LogP contribution in [0.4, 0.5) is 0 Å². The first kappa shape index (κ1) is 12.1. The Hall–Kier alpha value is -1.72. The van der Waals surface area contributed by atoms with Crippen LogP contribution >= 0.6 is 0 Å². The van der Waals surface area contributed by atoms with E-state index in [1.54, 1.807) is 0 Å². The molecule has 1 unspecified atom stereocenters. The lowest BCUT2D eigenvalue weighted by Gasteiger charge is -2.20. The Morgan fingerprint density at radius 1 is 1.20 bits per heavy atom. The Morgan fingerprint density at radius 3 is 3.05 bits per heavy atom. The van der Waals surface area contributed by atoms with Crippen molar-refractivity contribution in [3.05, 3.63) is 35.2 Å². The van der Waals surface area contributed by atoms with Gasteiger partial charge in [0.15, 0.2) is 5.82 Å². The predicted molar refractivity (Wildman–Crippen MR) is 73.3 cm³/mol. The van der Waals surface area contributed by atoms with Crippen molar-refractivity contribution >= 4 is 0 Å². The van der Waals surface area contributed by atoms with Gasteiger partial charge in [-0.1, -0.05) is 11.2 Å². The van der Waals surface area contributed by atoms with E-state index >= 15 is 0 Å². The molecule has 2 aliphatic rings. The Kier molecular flexibility index (Phi) is 3.01. The molecule has 4 rings (SSSR count). The van der Waals surface area contributed by atoms with E-state index in [0.29, 0.717) is 18.3 Å². The number of hydrogen-bond donors (Lipinski definition) is 1. The Labute approximate surface area is 117 Å². The van der Waals surface area contributed by atoms with Gasteiger partial charge in [0.1, 0.15) is 0 Å². The maximum Gasteiger partial charge on any atom is 0.257 e. The standard InChI is InChI=1S/C15H17N3O2/c1-2-10-4-5-12(8-11(10)3-1)15-17-14(18-20-15)13-9-19-7-6-16-13/h4-5,8,13,16H,1-3,6-7,9H2. The Morgan fingerprint density at radius 2 is 2.15 bits per heavy atom. The van der Waals surface area contributed by atoms with Gasteiger partial charge in [-0.05, 0) is 42.5 Å². The number of benzene rings is 1. The van der Waals surface area contributed by atoms with Crippen LogP contribution in [-0.2, 0) is 17.6 Å². The second-order valence-corrected chi connectivity index (χ2v) is 5.38. The lowest BCUT2D eigenvalue weighted by Crippen LogP contribution is -2.35. The first-order valence-electron chi connectivity index (χ1n) is 7.17. The van der Waals surface area contributed by atoms with E-state index < -0.39 is 0 Å². The Bertz CT molecular complexity index is 617. The highest BCUT2D eigenvalue weighted by molar-refractivity contribution is 5.56. The fourth-order valence-corrected chi connectivity index (χ4v) is 2.93. The molecule has 104 valence electrons. The summed E-state index contributed by atoms with van der Waals surface area (Å²) >= 11 is 0. The number of hydrogen-bond acceptors (Lipinski definition) is 5. The van der Waals surface area contributed by atoms with Gasteiger partial charge in [0.2, 0.25) is 0 Å². The molecule has 5 heteroatoms. The highest BCUT2D eigenvalue weighted by Gasteiger charge is 2.22. The fourth-order valence-electron chi connectivity index (χ4n) is 2.93. The molecule has 0 spiro atoms. The summed E-state index contributed by atoms with van der Waals surface area (Å²) in [7, 11) is 0. The minimum absolute atomic E-state index is 0.0377. The van der Waals surface area contributed by atoms with Gasteiger partial charge < -0.3 is 14.6 Å². The minimum atomic E-state index is 0.0377. The SMILES string of the molecule is c1cc2c(cc1-c1nc(C3COCCN3)no1)CCC2. The summed E-state index contributed by atoms with van der Waals surface area (Å²) in [6.07, 6.45) is 3.59. The topological polar surface area (TPSA) is 60.2 Å². The molecule has 1 fully saturated rings. The Balaban J connectivity index is 1.61. The van der Waals surface area contributed by atoms with Crippen LogP contribution in [0.5, 0.6) is 0 Å². The molecule has 0 radical (unpaired) electrons. The first-order chi connectivity index (χ1) is 9.90. The van der Waals surface area contributed by atoms with E-state index in [1.807, 2.05) is 0 Å². The number of nitrogens with zero attached hydrogens (tertiary/aromatic N) is 2. The molecule has 0 saturated carbocycles. The number of ether oxygens (including phenoxy) is 1. The van der Waals surface area contributed by atoms with E-state index in [-0.39, 0.29) is 6.04 Å². The van der Waals surface area contributed by atoms with E-state index in [0.717, 1.165) is 25.1 Å². The number of aromatic nitrogens is 2. The van der Waals surface area contributed by atoms with Crippen molar-refractivity contribution in [2.24, 2.45) is 0 Å². The zero-order valence-electron chi connectivity index (χ0n) is 11.3. The summed E-state index contributed by atoms with van der Waals surface area (Å²) in [5.41, 5.74) is 3.89. The molecule has 1 aliphatic carbocycles. The molecule has 1 atom stereocenters. The second kappa shape index (κ2) is 5.00. The zero-order valence-corrected chi connectivity index (χ0v) is 11.3. The van der Waals surface area contributed by atoms with Crippen molar-refractivity contribution < 1.29 is 9.26 Å². The fraction of sp³-hybridized carbons (Fsp3) is 0.467. The van der Waals surface area contributed by atoms with E-state index in [9.17, 15) is 0 Å². The largest absolute Gasteiger partial charge is 0.378 e. The van der Waals surface area contributed by atoms with Gasteiger partial charge in [-0.2, -0.15) is 4.98 Å². The van der Waals surface area contributed by atoms with Crippen molar-refractivity contribution in [3.8, 4) is 11.5 Å². The molecular weight excluding hydrogens is 254 g/mol. The average molecular weight is 271 g/mol. The van der Waals surface area contributed by atoms with E-state index in [2.05, 4.69) is 33.7 Å². The van der Waals surface area contributed by atoms with E-state index in [1.165, 1.54) is 24.0 Å². The van der Waals surface area contributed by atoms with Crippen molar-refractivity contribution in [2.75, 3.05) is 19.8 Å². The van der Waals surface area contributed by atoms with Gasteiger partial charge >= 0.3 is 0 Å². The molecule has 2 heterocycles. The summed E-state index contributed by atoms with van der Waals surface area (Å²) in [6, 6.07) is 6.48. The molecular formula is C15H17N3O2. The third kappa shape index (κ3) is 2.13. The lowest BCUT2D eigenvalue weighted by molar-refractivity contribution is 0.0734. The van der Waals surface area contributed by atoms with Crippen LogP contribution in [0.2, 0.25) is 0 Å². The maximum atomic E-state index is 5.43. The number of rotatable bonds is 2. The summed E-state index contributed by atoms with van der Waals surface area (Å²) in [4.78, 5) is 4.51. The molecule has 1 N–H and O–H groups in total. The summed E-state index contributed by atoms with van der Waals surface area (Å²) in [5.74, 6) is 1.28. The third-order valence-corrected chi connectivity index (χ3v) is 4.02. The van der Waals surface area contributed by atoms with Crippen LogP contribution in [0, 0.1) is 0 Å². The van der Waals surface area contributed by atoms with Crippen molar-refractivity contribution in [1.82, 2.24) is 15.5 Å². The molecule has 5 nitrogen and oxygen atoms in total. The van der Waals surface area contributed by atoms with Crippen LogP contribution in [-0.4, -0.2) is 29.9 Å². The number of morpholine rings is 1. The summed E-state index contributed by atoms with van der Waals surface area (Å²) in [6.45, 7) is 2.17.